The van der Waals surface area contributed by atoms with Crippen molar-refractivity contribution < 1.29 is 0 Å². The fourth-order valence-electron chi connectivity index (χ4n) is 2.88. The van der Waals surface area contributed by atoms with Crippen molar-refractivity contribution in [3.63, 3.8) is 0 Å². The molecule has 0 unspecified atom stereocenters. The highest BCUT2D eigenvalue weighted by molar-refractivity contribution is 5.86. The molecule has 0 atom stereocenters. The minimum atomic E-state index is 0.964. The molecule has 2 aromatic rings. The Labute approximate surface area is 123 Å². The van der Waals surface area contributed by atoms with Crippen LogP contribution in [0.25, 0.3) is 10.9 Å². The maximum Gasteiger partial charge on any atom is 0.0485 e. The van der Waals surface area contributed by atoms with Gasteiger partial charge < -0.3 is 9.88 Å². The molecule has 0 aliphatic rings. The van der Waals surface area contributed by atoms with Gasteiger partial charge in [0.2, 0.25) is 0 Å². The monoisotopic (exact) mass is 272 g/mol. The molecule has 0 aliphatic heterocycles. The molecule has 2 heteroatoms. The molecule has 110 valence electrons. The van der Waals surface area contributed by atoms with Crippen molar-refractivity contribution >= 4 is 10.9 Å². The predicted octanol–water partition coefficient (Wildman–Crippen LogP) is 4.56. The lowest BCUT2D eigenvalue weighted by molar-refractivity contribution is 0.606. The van der Waals surface area contributed by atoms with E-state index in [2.05, 4.69) is 55.8 Å². The van der Waals surface area contributed by atoms with E-state index in [1.165, 1.54) is 47.0 Å². The van der Waals surface area contributed by atoms with Crippen molar-refractivity contribution in [2.45, 2.75) is 60.0 Å². The van der Waals surface area contributed by atoms with E-state index >= 15 is 0 Å². The smallest absolute Gasteiger partial charge is 0.0485 e. The Morgan fingerprint density at radius 1 is 1.10 bits per heavy atom. The van der Waals surface area contributed by atoms with Gasteiger partial charge in [0.25, 0.3) is 0 Å². The van der Waals surface area contributed by atoms with Crippen molar-refractivity contribution in [3.05, 3.63) is 35.0 Å². The Kier molecular flexibility index (Phi) is 5.24. The first kappa shape index (κ1) is 15.1. The van der Waals surface area contributed by atoms with Crippen molar-refractivity contribution in [1.29, 1.82) is 0 Å². The van der Waals surface area contributed by atoms with Gasteiger partial charge in [0.1, 0.15) is 0 Å². The molecule has 0 fully saturated rings. The van der Waals surface area contributed by atoms with Gasteiger partial charge in [0.05, 0.1) is 0 Å². The minimum Gasteiger partial charge on any atom is -0.345 e. The fraction of sp³-hybridized carbons (Fsp3) is 0.556. The van der Waals surface area contributed by atoms with Crippen LogP contribution in [0.1, 0.15) is 49.9 Å². The van der Waals surface area contributed by atoms with E-state index in [1.54, 1.807) is 0 Å². The van der Waals surface area contributed by atoms with Crippen molar-refractivity contribution in [3.8, 4) is 0 Å². The molecule has 1 heterocycles. The molecule has 1 aromatic heterocycles. The Bertz CT molecular complexity index is 566. The second-order valence-electron chi connectivity index (χ2n) is 5.70. The number of hydrogen-bond donors (Lipinski definition) is 1. The number of benzene rings is 1. The first-order valence-electron chi connectivity index (χ1n) is 7.98. The summed E-state index contributed by atoms with van der Waals surface area (Å²) in [6.45, 7) is 12.1. The lowest BCUT2D eigenvalue weighted by Gasteiger charge is -2.08. The number of nitrogens with zero attached hydrogens (tertiary/aromatic N) is 1. The number of hydrogen-bond acceptors (Lipinski definition) is 1. The normalized spacial score (nSPS) is 11.4. The van der Waals surface area contributed by atoms with Crippen LogP contribution in [0, 0.1) is 13.8 Å². The Hall–Kier alpha value is -1.28. The van der Waals surface area contributed by atoms with Crippen LogP contribution in [0.3, 0.4) is 0 Å². The second kappa shape index (κ2) is 6.94. The largest absolute Gasteiger partial charge is 0.345 e. The van der Waals surface area contributed by atoms with Gasteiger partial charge in [-0.3, -0.25) is 0 Å². The third-order valence-corrected chi connectivity index (χ3v) is 4.27. The lowest BCUT2D eigenvalue weighted by Crippen LogP contribution is -2.11. The summed E-state index contributed by atoms with van der Waals surface area (Å²) in [7, 11) is 0. The van der Waals surface area contributed by atoms with Crippen molar-refractivity contribution in [1.82, 2.24) is 9.88 Å². The highest BCUT2D eigenvalue weighted by atomic mass is 15.0. The summed E-state index contributed by atoms with van der Waals surface area (Å²) in [5.74, 6) is 0. The van der Waals surface area contributed by atoms with Gasteiger partial charge in [0, 0.05) is 29.7 Å². The van der Waals surface area contributed by atoms with Gasteiger partial charge in [-0.05, 0) is 50.1 Å². The molecule has 2 rings (SSSR count). The molecular weight excluding hydrogens is 244 g/mol. The molecule has 2 nitrogen and oxygen atoms in total. The summed E-state index contributed by atoms with van der Waals surface area (Å²) in [5.41, 5.74) is 5.65. The highest BCUT2D eigenvalue weighted by Crippen LogP contribution is 2.26. The molecule has 20 heavy (non-hydrogen) atoms. The molecule has 1 N–H and O–H groups in total. The minimum absolute atomic E-state index is 0.964. The molecule has 0 saturated heterocycles. The Balaban J connectivity index is 2.32. The van der Waals surface area contributed by atoms with Gasteiger partial charge in [-0.2, -0.15) is 0 Å². The SMILES string of the molecule is CCCCCn1c(C)c(C)c2cc(CNCC)ccc21. The molecular formula is C18H28N2. The van der Waals surface area contributed by atoms with Crippen LogP contribution in [0.2, 0.25) is 0 Å². The van der Waals surface area contributed by atoms with Crippen LogP contribution in [-0.2, 0) is 13.1 Å². The summed E-state index contributed by atoms with van der Waals surface area (Å²) in [6.07, 6.45) is 3.88. The summed E-state index contributed by atoms with van der Waals surface area (Å²) in [5, 5.41) is 4.83. The maximum atomic E-state index is 3.41. The van der Waals surface area contributed by atoms with Gasteiger partial charge >= 0.3 is 0 Å². The molecule has 1 aromatic carbocycles. The van der Waals surface area contributed by atoms with Crippen LogP contribution >= 0.6 is 0 Å². The van der Waals surface area contributed by atoms with E-state index in [0.29, 0.717) is 0 Å². The summed E-state index contributed by atoms with van der Waals surface area (Å²) < 4.78 is 2.50. The summed E-state index contributed by atoms with van der Waals surface area (Å²) >= 11 is 0. The number of fused-ring (bicyclic) bond motifs is 1. The van der Waals surface area contributed by atoms with Gasteiger partial charge in [-0.25, -0.2) is 0 Å². The van der Waals surface area contributed by atoms with E-state index in [-0.39, 0.29) is 0 Å². The number of aryl methyl sites for hydroxylation is 2. The molecule has 0 radical (unpaired) electrons. The third kappa shape index (κ3) is 3.06. The van der Waals surface area contributed by atoms with Crippen LogP contribution in [0.15, 0.2) is 18.2 Å². The lowest BCUT2D eigenvalue weighted by atomic mass is 10.1. The number of nitrogens with one attached hydrogen (secondary N) is 1. The Morgan fingerprint density at radius 3 is 2.60 bits per heavy atom. The molecule has 0 amide bonds. The number of unbranched alkanes of at least 4 members (excludes halogenated alkanes) is 2. The van der Waals surface area contributed by atoms with Gasteiger partial charge in [-0.1, -0.05) is 32.8 Å². The number of aromatic nitrogens is 1. The van der Waals surface area contributed by atoms with Gasteiger partial charge in [-0.15, -0.1) is 0 Å². The van der Waals surface area contributed by atoms with Crippen LogP contribution in [0.5, 0.6) is 0 Å². The van der Waals surface area contributed by atoms with E-state index < -0.39 is 0 Å². The van der Waals surface area contributed by atoms with Crippen molar-refractivity contribution in [2.24, 2.45) is 0 Å². The highest BCUT2D eigenvalue weighted by Gasteiger charge is 2.10. The van der Waals surface area contributed by atoms with Gasteiger partial charge in [0.15, 0.2) is 0 Å². The maximum absolute atomic E-state index is 3.41. The fourth-order valence-corrected chi connectivity index (χ4v) is 2.88. The number of rotatable bonds is 7. The molecule has 0 bridgehead atoms. The van der Waals surface area contributed by atoms with Crippen LogP contribution in [-0.4, -0.2) is 11.1 Å². The zero-order valence-electron chi connectivity index (χ0n) is 13.4. The zero-order valence-corrected chi connectivity index (χ0v) is 13.4. The molecule has 0 spiro atoms. The Morgan fingerprint density at radius 2 is 1.90 bits per heavy atom. The van der Waals surface area contributed by atoms with Crippen LogP contribution < -0.4 is 5.32 Å². The van der Waals surface area contributed by atoms with E-state index in [0.717, 1.165) is 19.6 Å². The standard InChI is InChI=1S/C18H28N2/c1-5-7-8-11-20-15(4)14(3)17-12-16(13-19-6-2)9-10-18(17)20/h9-10,12,19H,5-8,11,13H2,1-4H3. The predicted molar refractivity (Wildman–Crippen MR) is 88.3 cm³/mol. The molecule has 0 aliphatic carbocycles. The second-order valence-corrected chi connectivity index (χ2v) is 5.70. The quantitative estimate of drug-likeness (QED) is 0.731. The third-order valence-electron chi connectivity index (χ3n) is 4.27. The van der Waals surface area contributed by atoms with E-state index in [4.69, 9.17) is 0 Å². The topological polar surface area (TPSA) is 17.0 Å². The van der Waals surface area contributed by atoms with E-state index in [1.807, 2.05) is 0 Å². The van der Waals surface area contributed by atoms with E-state index in [9.17, 15) is 0 Å². The zero-order chi connectivity index (χ0) is 14.5. The first-order chi connectivity index (χ1) is 9.69. The average molecular weight is 272 g/mol. The molecule has 0 saturated carbocycles. The first-order valence-corrected chi connectivity index (χ1v) is 7.98. The average Bonchev–Trinajstić information content (AvgIpc) is 2.70. The summed E-state index contributed by atoms with van der Waals surface area (Å²) in [4.78, 5) is 0. The van der Waals surface area contributed by atoms with Crippen LogP contribution in [0.4, 0.5) is 0 Å². The summed E-state index contributed by atoms with van der Waals surface area (Å²) in [6, 6.07) is 6.92. The van der Waals surface area contributed by atoms with Crippen molar-refractivity contribution in [2.75, 3.05) is 6.54 Å².